The van der Waals surface area contributed by atoms with Crippen LogP contribution in [0.5, 0.6) is 0 Å². The Morgan fingerprint density at radius 3 is 2.10 bits per heavy atom. The van der Waals surface area contributed by atoms with Crippen molar-refractivity contribution in [2.45, 2.75) is 29.0 Å². The number of para-hydroxylation sites is 2. The molecule has 4 heteroatoms. The second kappa shape index (κ2) is 10.5. The molecule has 3 aliphatic rings. The van der Waals surface area contributed by atoms with Crippen molar-refractivity contribution in [1.82, 2.24) is 9.13 Å². The Bertz CT molecular complexity index is 2770. The van der Waals surface area contributed by atoms with Crippen LogP contribution in [-0.2, 0) is 0 Å². The summed E-state index contributed by atoms with van der Waals surface area (Å²) in [4.78, 5) is 6.87. The number of allylic oxidation sites excluding steroid dienone is 4. The fraction of sp³-hybridized carbons (Fsp3) is 0.0889. The summed E-state index contributed by atoms with van der Waals surface area (Å²) in [6.07, 6.45) is 8.85. The Balaban J connectivity index is 1.19. The molecule has 0 spiro atoms. The van der Waals surface area contributed by atoms with Gasteiger partial charge in [0.2, 0.25) is 0 Å². The van der Waals surface area contributed by atoms with E-state index in [0.717, 1.165) is 29.8 Å². The van der Waals surface area contributed by atoms with E-state index in [0.29, 0.717) is 0 Å². The predicted molar refractivity (Wildman–Crippen MR) is 206 cm³/mol. The number of aliphatic imine (C=N–C) groups is 1. The smallest absolute Gasteiger partial charge is 0.111 e. The van der Waals surface area contributed by atoms with Gasteiger partial charge in [0, 0.05) is 54.9 Å². The zero-order valence-corrected chi connectivity index (χ0v) is 27.6. The Kier molecular flexibility index (Phi) is 5.84. The van der Waals surface area contributed by atoms with Crippen LogP contribution in [0.15, 0.2) is 162 Å². The van der Waals surface area contributed by atoms with Gasteiger partial charge in [0.15, 0.2) is 0 Å². The molecule has 2 aromatic heterocycles. The Morgan fingerprint density at radius 1 is 0.612 bits per heavy atom. The van der Waals surface area contributed by atoms with E-state index in [-0.39, 0.29) is 11.3 Å². The number of rotatable bonds is 3. The number of benzene rings is 6. The lowest BCUT2D eigenvalue weighted by Gasteiger charge is -2.27. The molecule has 6 aromatic carbocycles. The van der Waals surface area contributed by atoms with E-state index in [1.807, 2.05) is 11.8 Å². The van der Waals surface area contributed by atoms with Gasteiger partial charge in [-0.15, -0.1) is 0 Å². The average molecular weight is 646 g/mol. The molecule has 49 heavy (non-hydrogen) atoms. The first-order valence-electron chi connectivity index (χ1n) is 17.2. The van der Waals surface area contributed by atoms with E-state index in [9.17, 15) is 0 Å². The molecule has 0 N–H and O–H groups in total. The molecule has 1 aliphatic carbocycles. The monoisotopic (exact) mass is 645 g/mol. The number of hydrogen-bond donors (Lipinski definition) is 0. The van der Waals surface area contributed by atoms with Crippen molar-refractivity contribution in [2.24, 2.45) is 4.99 Å². The van der Waals surface area contributed by atoms with Gasteiger partial charge in [-0.2, -0.15) is 0 Å². The maximum absolute atomic E-state index is 5.52. The summed E-state index contributed by atoms with van der Waals surface area (Å²) in [5.41, 5.74) is 13.7. The first kappa shape index (κ1) is 27.4. The number of aromatic nitrogens is 2. The molecular formula is C45H31N3S. The summed E-state index contributed by atoms with van der Waals surface area (Å²) in [5.74, 6) is 0.279. The van der Waals surface area contributed by atoms with Gasteiger partial charge in [0.05, 0.1) is 27.8 Å². The molecule has 2 aliphatic heterocycles. The SMILES string of the molecule is C1=CCCC(n2c3ccccc3c3ccc4c5ccccc5n(-c5cccc(C6=NC7Sc8ccccc8C7c7ccccc76)c5)c4c32)=C1. The molecule has 8 aromatic rings. The van der Waals surface area contributed by atoms with Crippen LogP contribution in [0.2, 0.25) is 0 Å². The number of thioether (sulfide) groups is 1. The zero-order chi connectivity index (χ0) is 32.1. The Hall–Kier alpha value is -5.58. The average Bonchev–Trinajstić information content (AvgIpc) is 3.83. The first-order valence-corrected chi connectivity index (χ1v) is 18.1. The van der Waals surface area contributed by atoms with Crippen LogP contribution in [-0.4, -0.2) is 20.2 Å². The third-order valence-corrected chi connectivity index (χ3v) is 12.0. The molecule has 11 rings (SSSR count). The predicted octanol–water partition coefficient (Wildman–Crippen LogP) is 11.5. The van der Waals surface area contributed by atoms with E-state index >= 15 is 0 Å². The fourth-order valence-electron chi connectivity index (χ4n) is 8.66. The minimum absolute atomic E-state index is 0.132. The molecule has 232 valence electrons. The fourth-order valence-corrected chi connectivity index (χ4v) is 10.0. The van der Waals surface area contributed by atoms with E-state index in [4.69, 9.17) is 4.99 Å². The van der Waals surface area contributed by atoms with Gasteiger partial charge < -0.3 is 9.13 Å². The number of hydrogen-bond acceptors (Lipinski definition) is 2. The van der Waals surface area contributed by atoms with Crippen molar-refractivity contribution < 1.29 is 0 Å². The maximum atomic E-state index is 5.52. The number of fused-ring (bicyclic) bond motifs is 12. The standard InChI is InChI=1S/C45H31N3S/c1-2-14-29(15-3-1)47-38-22-9-6-17-31(38)35-25-26-36-32-18-7-10-23-39(32)48(44(36)43(35)47)30-16-12-13-28(27-30)42-34-20-5-4-19-33(34)41-37-21-8-11-24-40(37)49-45(41)46-42/h1-2,4-14,16-27,41,45H,3,15H2. The lowest BCUT2D eigenvalue weighted by molar-refractivity contribution is 0.767. The second-order valence-corrected chi connectivity index (χ2v) is 14.5. The van der Waals surface area contributed by atoms with Crippen molar-refractivity contribution >= 4 is 66.8 Å². The van der Waals surface area contributed by atoms with Gasteiger partial charge in [0.25, 0.3) is 0 Å². The molecule has 2 atom stereocenters. The van der Waals surface area contributed by atoms with Gasteiger partial charge in [-0.1, -0.05) is 127 Å². The third kappa shape index (κ3) is 3.89. The lowest BCUT2D eigenvalue weighted by Crippen LogP contribution is -2.22. The molecule has 0 fully saturated rings. The summed E-state index contributed by atoms with van der Waals surface area (Å²) < 4.78 is 5.04. The Labute approximate surface area is 288 Å². The highest BCUT2D eigenvalue weighted by Gasteiger charge is 2.39. The van der Waals surface area contributed by atoms with E-state index in [1.165, 1.54) is 70.9 Å². The van der Waals surface area contributed by atoms with Crippen LogP contribution in [0, 0.1) is 0 Å². The van der Waals surface area contributed by atoms with Crippen LogP contribution < -0.4 is 0 Å². The van der Waals surface area contributed by atoms with Gasteiger partial charge in [0.1, 0.15) is 5.37 Å². The molecule has 4 heterocycles. The van der Waals surface area contributed by atoms with Crippen molar-refractivity contribution in [3.63, 3.8) is 0 Å². The first-order chi connectivity index (χ1) is 24.3. The van der Waals surface area contributed by atoms with Gasteiger partial charge in [-0.05, 0) is 60.4 Å². The zero-order valence-electron chi connectivity index (χ0n) is 26.8. The van der Waals surface area contributed by atoms with Crippen molar-refractivity contribution in [1.29, 1.82) is 0 Å². The summed E-state index contributed by atoms with van der Waals surface area (Å²) in [6.45, 7) is 0. The summed E-state index contributed by atoms with van der Waals surface area (Å²) in [5, 5.41) is 5.24. The summed E-state index contributed by atoms with van der Waals surface area (Å²) in [7, 11) is 0. The molecule has 2 unspecified atom stereocenters. The molecule has 0 amide bonds. The van der Waals surface area contributed by atoms with E-state index in [1.54, 1.807) is 0 Å². The van der Waals surface area contributed by atoms with Crippen molar-refractivity contribution in [2.75, 3.05) is 0 Å². The lowest BCUT2D eigenvalue weighted by atomic mass is 9.83. The summed E-state index contributed by atoms with van der Waals surface area (Å²) >= 11 is 1.90. The largest absolute Gasteiger partial charge is 0.311 e. The molecule has 0 saturated heterocycles. The number of nitrogens with zero attached hydrogens (tertiary/aromatic N) is 3. The van der Waals surface area contributed by atoms with Crippen LogP contribution in [0.25, 0.3) is 55.0 Å². The highest BCUT2D eigenvalue weighted by molar-refractivity contribution is 8.00. The molecular weight excluding hydrogens is 615 g/mol. The maximum Gasteiger partial charge on any atom is 0.111 e. The van der Waals surface area contributed by atoms with Crippen molar-refractivity contribution in [3.8, 4) is 5.69 Å². The van der Waals surface area contributed by atoms with Gasteiger partial charge >= 0.3 is 0 Å². The second-order valence-electron chi connectivity index (χ2n) is 13.3. The highest BCUT2D eigenvalue weighted by Crippen LogP contribution is 2.52. The molecule has 0 saturated carbocycles. The third-order valence-electron chi connectivity index (χ3n) is 10.7. The topological polar surface area (TPSA) is 22.2 Å². The molecule has 3 nitrogen and oxygen atoms in total. The van der Waals surface area contributed by atoms with Crippen LogP contribution >= 0.6 is 11.8 Å². The molecule has 0 bridgehead atoms. The minimum Gasteiger partial charge on any atom is -0.311 e. The quantitative estimate of drug-likeness (QED) is 0.187. The van der Waals surface area contributed by atoms with E-state index < -0.39 is 0 Å². The van der Waals surface area contributed by atoms with Gasteiger partial charge in [-0.3, -0.25) is 4.99 Å². The van der Waals surface area contributed by atoms with Crippen LogP contribution in [0.4, 0.5) is 0 Å². The van der Waals surface area contributed by atoms with Crippen LogP contribution in [0.1, 0.15) is 41.0 Å². The Morgan fingerprint density at radius 2 is 1.31 bits per heavy atom. The minimum atomic E-state index is 0.132. The van der Waals surface area contributed by atoms with E-state index in [2.05, 4.69) is 161 Å². The highest BCUT2D eigenvalue weighted by atomic mass is 32.2. The normalized spacial score (nSPS) is 18.1. The summed E-state index contributed by atoms with van der Waals surface area (Å²) in [6, 6.07) is 49.3. The van der Waals surface area contributed by atoms with Crippen LogP contribution in [0.3, 0.4) is 0 Å². The molecule has 0 radical (unpaired) electrons. The van der Waals surface area contributed by atoms with Crippen molar-refractivity contribution in [3.05, 3.63) is 174 Å². The van der Waals surface area contributed by atoms with Gasteiger partial charge in [-0.25, -0.2) is 0 Å².